The number of hydrogen-bond acceptors (Lipinski definition) is 2. The molecule has 0 aromatic heterocycles. The second-order valence-electron chi connectivity index (χ2n) is 5.83. The van der Waals surface area contributed by atoms with E-state index in [9.17, 15) is 4.79 Å². The molecule has 3 nitrogen and oxygen atoms in total. The molecule has 92 valence electrons. The van der Waals surface area contributed by atoms with Crippen LogP contribution < -0.4 is 11.1 Å². The molecular weight excluding hydrogens is 200 g/mol. The first-order valence-corrected chi connectivity index (χ1v) is 6.67. The van der Waals surface area contributed by atoms with Crippen LogP contribution in [0.2, 0.25) is 0 Å². The molecular formula is C13H24N2O. The molecule has 2 aliphatic carbocycles. The fraction of sp³-hybridized carbons (Fsp3) is 0.923. The maximum absolute atomic E-state index is 11.6. The first-order chi connectivity index (χ1) is 7.60. The molecule has 3 heteroatoms. The molecule has 2 fully saturated rings. The zero-order valence-corrected chi connectivity index (χ0v) is 10.3. The first kappa shape index (κ1) is 11.9. The van der Waals surface area contributed by atoms with Crippen molar-refractivity contribution in [1.29, 1.82) is 0 Å². The van der Waals surface area contributed by atoms with E-state index in [4.69, 9.17) is 5.73 Å². The monoisotopic (exact) mass is 224 g/mol. The van der Waals surface area contributed by atoms with Gasteiger partial charge < -0.3 is 11.1 Å². The van der Waals surface area contributed by atoms with Crippen LogP contribution in [0.3, 0.4) is 0 Å². The van der Waals surface area contributed by atoms with Crippen molar-refractivity contribution in [3.05, 3.63) is 0 Å². The Hall–Kier alpha value is -0.570. The van der Waals surface area contributed by atoms with Gasteiger partial charge in [0, 0.05) is 6.54 Å². The van der Waals surface area contributed by atoms with Crippen molar-refractivity contribution in [2.24, 2.45) is 17.6 Å². The van der Waals surface area contributed by atoms with Gasteiger partial charge in [-0.25, -0.2) is 0 Å². The molecule has 0 unspecified atom stereocenters. The van der Waals surface area contributed by atoms with E-state index < -0.39 is 5.54 Å². The lowest BCUT2D eigenvalue weighted by atomic mass is 9.81. The molecule has 0 spiro atoms. The summed E-state index contributed by atoms with van der Waals surface area (Å²) < 4.78 is 0. The van der Waals surface area contributed by atoms with Crippen LogP contribution in [0.5, 0.6) is 0 Å². The molecule has 0 aliphatic heterocycles. The highest BCUT2D eigenvalue weighted by Gasteiger charge is 2.45. The van der Waals surface area contributed by atoms with Gasteiger partial charge in [-0.1, -0.05) is 32.6 Å². The SMILES string of the molecule is CC1CCC(CCNC(=O)C2(N)CC2)CC1. The highest BCUT2D eigenvalue weighted by atomic mass is 16.2. The van der Waals surface area contributed by atoms with Crippen molar-refractivity contribution in [3.8, 4) is 0 Å². The Labute approximate surface area is 98.2 Å². The van der Waals surface area contributed by atoms with Gasteiger partial charge in [0.15, 0.2) is 0 Å². The zero-order valence-electron chi connectivity index (χ0n) is 10.3. The predicted molar refractivity (Wildman–Crippen MR) is 64.9 cm³/mol. The molecule has 0 heterocycles. The number of carbonyl (C=O) groups is 1. The van der Waals surface area contributed by atoms with E-state index in [2.05, 4.69) is 12.2 Å². The van der Waals surface area contributed by atoms with E-state index in [0.717, 1.165) is 37.6 Å². The average Bonchev–Trinajstić information content (AvgIpc) is 3.01. The fourth-order valence-electron chi connectivity index (χ4n) is 2.55. The van der Waals surface area contributed by atoms with Gasteiger partial charge in [0.1, 0.15) is 0 Å². The summed E-state index contributed by atoms with van der Waals surface area (Å²) in [5.74, 6) is 1.80. The second-order valence-corrected chi connectivity index (χ2v) is 5.83. The molecule has 0 aromatic carbocycles. The van der Waals surface area contributed by atoms with Crippen LogP contribution in [-0.2, 0) is 4.79 Å². The lowest BCUT2D eigenvalue weighted by Gasteiger charge is -2.26. The summed E-state index contributed by atoms with van der Waals surface area (Å²) in [7, 11) is 0. The number of nitrogens with one attached hydrogen (secondary N) is 1. The van der Waals surface area contributed by atoms with Crippen LogP contribution >= 0.6 is 0 Å². The van der Waals surface area contributed by atoms with Gasteiger partial charge in [-0.05, 0) is 31.1 Å². The van der Waals surface area contributed by atoms with Crippen molar-refractivity contribution in [3.63, 3.8) is 0 Å². The summed E-state index contributed by atoms with van der Waals surface area (Å²) >= 11 is 0. The minimum atomic E-state index is -0.499. The Morgan fingerprint density at radius 3 is 2.50 bits per heavy atom. The lowest BCUT2D eigenvalue weighted by Crippen LogP contribution is -2.43. The second kappa shape index (κ2) is 4.74. The van der Waals surface area contributed by atoms with E-state index in [0.29, 0.717) is 0 Å². The van der Waals surface area contributed by atoms with E-state index in [1.165, 1.54) is 25.7 Å². The zero-order chi connectivity index (χ0) is 11.6. The third-order valence-electron chi connectivity index (χ3n) is 4.21. The minimum absolute atomic E-state index is 0.0664. The van der Waals surface area contributed by atoms with Crippen LogP contribution in [0.1, 0.15) is 51.9 Å². The molecule has 2 saturated carbocycles. The number of rotatable bonds is 4. The van der Waals surface area contributed by atoms with Gasteiger partial charge in [0.25, 0.3) is 0 Å². The Morgan fingerprint density at radius 1 is 1.31 bits per heavy atom. The smallest absolute Gasteiger partial charge is 0.240 e. The third-order valence-corrected chi connectivity index (χ3v) is 4.21. The molecule has 0 bridgehead atoms. The molecule has 0 radical (unpaired) electrons. The van der Waals surface area contributed by atoms with Gasteiger partial charge in [0.05, 0.1) is 5.54 Å². The number of hydrogen-bond donors (Lipinski definition) is 2. The summed E-state index contributed by atoms with van der Waals surface area (Å²) in [6.45, 7) is 3.15. The average molecular weight is 224 g/mol. The number of amides is 1. The van der Waals surface area contributed by atoms with Crippen molar-refractivity contribution in [2.45, 2.75) is 57.4 Å². The highest BCUT2D eigenvalue weighted by molar-refractivity contribution is 5.88. The molecule has 16 heavy (non-hydrogen) atoms. The first-order valence-electron chi connectivity index (χ1n) is 6.67. The highest BCUT2D eigenvalue weighted by Crippen LogP contribution is 2.32. The largest absolute Gasteiger partial charge is 0.354 e. The van der Waals surface area contributed by atoms with Crippen LogP contribution in [0.25, 0.3) is 0 Å². The summed E-state index contributed by atoms with van der Waals surface area (Å²) in [4.78, 5) is 11.6. The summed E-state index contributed by atoms with van der Waals surface area (Å²) in [5, 5.41) is 2.98. The Bertz CT molecular complexity index is 253. The number of carbonyl (C=O) groups excluding carboxylic acids is 1. The number of nitrogens with two attached hydrogens (primary N) is 1. The van der Waals surface area contributed by atoms with Gasteiger partial charge in [0.2, 0.25) is 5.91 Å². The predicted octanol–water partition coefficient (Wildman–Crippen LogP) is 1.81. The maximum Gasteiger partial charge on any atom is 0.240 e. The lowest BCUT2D eigenvalue weighted by molar-refractivity contribution is -0.123. The third kappa shape index (κ3) is 2.97. The molecule has 2 rings (SSSR count). The standard InChI is InChI=1S/C13H24N2O/c1-10-2-4-11(5-3-10)6-9-15-12(16)13(14)7-8-13/h10-11H,2-9,14H2,1H3,(H,15,16). The van der Waals surface area contributed by atoms with Gasteiger partial charge in [-0.15, -0.1) is 0 Å². The van der Waals surface area contributed by atoms with Crippen LogP contribution in [0, 0.1) is 11.8 Å². The van der Waals surface area contributed by atoms with E-state index in [1.807, 2.05) is 0 Å². The Kier molecular flexibility index (Phi) is 3.53. The summed E-state index contributed by atoms with van der Waals surface area (Å²) in [6, 6.07) is 0. The molecule has 0 aromatic rings. The molecule has 2 aliphatic rings. The van der Waals surface area contributed by atoms with Gasteiger partial charge >= 0.3 is 0 Å². The topological polar surface area (TPSA) is 55.1 Å². The van der Waals surface area contributed by atoms with Gasteiger partial charge in [-0.2, -0.15) is 0 Å². The van der Waals surface area contributed by atoms with Crippen molar-refractivity contribution < 1.29 is 4.79 Å². The molecule has 3 N–H and O–H groups in total. The van der Waals surface area contributed by atoms with Crippen LogP contribution in [-0.4, -0.2) is 18.0 Å². The quantitative estimate of drug-likeness (QED) is 0.765. The molecule has 1 amide bonds. The maximum atomic E-state index is 11.6. The molecule has 0 saturated heterocycles. The summed E-state index contributed by atoms with van der Waals surface area (Å²) in [6.07, 6.45) is 8.25. The van der Waals surface area contributed by atoms with E-state index in [-0.39, 0.29) is 5.91 Å². The van der Waals surface area contributed by atoms with E-state index >= 15 is 0 Å². The van der Waals surface area contributed by atoms with Crippen LogP contribution in [0.4, 0.5) is 0 Å². The van der Waals surface area contributed by atoms with Crippen molar-refractivity contribution in [2.75, 3.05) is 6.54 Å². The van der Waals surface area contributed by atoms with Crippen molar-refractivity contribution >= 4 is 5.91 Å². The Morgan fingerprint density at radius 2 is 1.94 bits per heavy atom. The minimum Gasteiger partial charge on any atom is -0.354 e. The normalized spacial score (nSPS) is 32.1. The van der Waals surface area contributed by atoms with Crippen molar-refractivity contribution in [1.82, 2.24) is 5.32 Å². The summed E-state index contributed by atoms with van der Waals surface area (Å²) in [5.41, 5.74) is 5.32. The fourth-order valence-corrected chi connectivity index (χ4v) is 2.55. The van der Waals surface area contributed by atoms with Crippen LogP contribution in [0.15, 0.2) is 0 Å². The molecule has 0 atom stereocenters. The Balaban J connectivity index is 1.59. The van der Waals surface area contributed by atoms with Gasteiger partial charge in [-0.3, -0.25) is 4.79 Å². The van der Waals surface area contributed by atoms with E-state index in [1.54, 1.807) is 0 Å².